The molecule has 164 valence electrons. The fraction of sp³-hybridized carbons (Fsp3) is 0.522. The highest BCUT2D eigenvalue weighted by atomic mass is 16.2. The Morgan fingerprint density at radius 3 is 2.35 bits per heavy atom. The molecule has 31 heavy (non-hydrogen) atoms. The summed E-state index contributed by atoms with van der Waals surface area (Å²) in [6, 6.07) is 5.82. The van der Waals surface area contributed by atoms with Gasteiger partial charge < -0.3 is 16.0 Å². The smallest absolute Gasteiger partial charge is 0.225 e. The first-order valence-electron chi connectivity index (χ1n) is 11.1. The van der Waals surface area contributed by atoms with Crippen molar-refractivity contribution in [1.29, 1.82) is 5.41 Å². The molecule has 2 aromatic rings. The van der Waals surface area contributed by atoms with Crippen molar-refractivity contribution >= 4 is 17.6 Å². The first-order chi connectivity index (χ1) is 15.0. The number of nitrogens with two attached hydrogens (primary N) is 1. The van der Waals surface area contributed by atoms with E-state index in [9.17, 15) is 4.79 Å². The van der Waals surface area contributed by atoms with Crippen molar-refractivity contribution in [2.24, 2.45) is 11.8 Å². The first kappa shape index (κ1) is 21.4. The number of nitrogens with one attached hydrogen (secondary N) is 1. The number of nitrogens with zero attached hydrogens (tertiary/aromatic N) is 5. The van der Waals surface area contributed by atoms with Gasteiger partial charge >= 0.3 is 0 Å². The molecular weight excluding hydrogens is 390 g/mol. The molecule has 0 saturated carbocycles. The van der Waals surface area contributed by atoms with Gasteiger partial charge in [0.15, 0.2) is 0 Å². The molecule has 0 bridgehead atoms. The summed E-state index contributed by atoms with van der Waals surface area (Å²) in [7, 11) is 0. The molecule has 0 atom stereocenters. The maximum absolute atomic E-state index is 13.1. The topological polar surface area (TPSA) is 112 Å². The minimum Gasteiger partial charge on any atom is -0.368 e. The molecule has 8 nitrogen and oxygen atoms in total. The van der Waals surface area contributed by atoms with Crippen LogP contribution < -0.4 is 5.73 Å². The van der Waals surface area contributed by atoms with Gasteiger partial charge in [0.1, 0.15) is 0 Å². The predicted molar refractivity (Wildman–Crippen MR) is 120 cm³/mol. The number of rotatable bonds is 5. The van der Waals surface area contributed by atoms with Crippen LogP contribution in [0.25, 0.3) is 0 Å². The molecule has 2 aromatic heterocycles. The van der Waals surface area contributed by atoms with E-state index >= 15 is 0 Å². The second kappa shape index (κ2) is 9.51. The number of aromatic nitrogens is 3. The van der Waals surface area contributed by atoms with Crippen LogP contribution in [0.4, 0.5) is 5.95 Å². The number of carbonyl (C=O) groups is 1. The van der Waals surface area contributed by atoms with Gasteiger partial charge in [0.25, 0.3) is 0 Å². The fourth-order valence-electron chi connectivity index (χ4n) is 4.59. The van der Waals surface area contributed by atoms with Crippen molar-refractivity contribution in [2.45, 2.75) is 39.2 Å². The summed E-state index contributed by atoms with van der Waals surface area (Å²) in [6.45, 7) is 6.03. The second-order valence-corrected chi connectivity index (χ2v) is 8.68. The van der Waals surface area contributed by atoms with Crippen LogP contribution in [0.5, 0.6) is 0 Å². The number of hydrogen-bond donors (Lipinski definition) is 2. The third-order valence-corrected chi connectivity index (χ3v) is 6.45. The monoisotopic (exact) mass is 421 g/mol. The van der Waals surface area contributed by atoms with Gasteiger partial charge in [-0.1, -0.05) is 6.07 Å². The molecular formula is C23H31N7O. The lowest BCUT2D eigenvalue weighted by molar-refractivity contribution is -0.138. The van der Waals surface area contributed by atoms with E-state index < -0.39 is 0 Å². The van der Waals surface area contributed by atoms with E-state index in [4.69, 9.17) is 11.1 Å². The van der Waals surface area contributed by atoms with Gasteiger partial charge in [-0.3, -0.25) is 14.7 Å². The molecule has 2 aliphatic rings. The molecule has 0 unspecified atom stereocenters. The summed E-state index contributed by atoms with van der Waals surface area (Å²) in [4.78, 5) is 30.0. The summed E-state index contributed by atoms with van der Waals surface area (Å²) in [6.07, 6.45) is 7.00. The van der Waals surface area contributed by atoms with Gasteiger partial charge in [0.05, 0.1) is 11.4 Å². The Bertz CT molecular complexity index is 914. The number of hydrogen-bond acceptors (Lipinski definition) is 7. The van der Waals surface area contributed by atoms with E-state index in [1.807, 2.05) is 30.0 Å². The third kappa shape index (κ3) is 5.25. The Morgan fingerprint density at radius 1 is 1.06 bits per heavy atom. The van der Waals surface area contributed by atoms with Gasteiger partial charge in [-0.25, -0.2) is 9.97 Å². The number of piperidine rings is 2. The Labute approximate surface area is 183 Å². The van der Waals surface area contributed by atoms with Crippen LogP contribution in [0.2, 0.25) is 0 Å². The van der Waals surface area contributed by atoms with Crippen LogP contribution >= 0.6 is 0 Å². The van der Waals surface area contributed by atoms with Crippen molar-refractivity contribution in [3.05, 3.63) is 47.5 Å². The van der Waals surface area contributed by atoms with Gasteiger partial charge in [0, 0.05) is 55.1 Å². The molecule has 0 aliphatic carbocycles. The van der Waals surface area contributed by atoms with E-state index in [1.54, 1.807) is 12.4 Å². The van der Waals surface area contributed by atoms with Gasteiger partial charge in [-0.2, -0.15) is 0 Å². The lowest BCUT2D eigenvalue weighted by Gasteiger charge is -2.37. The SMILES string of the molecule is Cc1cccc(C(=N)C2CCN(C(=O)C3CCN(Cc4cnc(N)nc4)CC3)CC2)n1. The van der Waals surface area contributed by atoms with Crippen LogP contribution in [0.15, 0.2) is 30.6 Å². The Hall–Kier alpha value is -2.87. The number of amides is 1. The minimum absolute atomic E-state index is 0.105. The highest BCUT2D eigenvalue weighted by Gasteiger charge is 2.32. The molecule has 2 fully saturated rings. The molecule has 2 saturated heterocycles. The number of anilines is 1. The van der Waals surface area contributed by atoms with Gasteiger partial charge in [-0.05, 0) is 57.8 Å². The van der Waals surface area contributed by atoms with E-state index in [0.29, 0.717) is 11.7 Å². The molecule has 0 aromatic carbocycles. The molecule has 8 heteroatoms. The lowest BCUT2D eigenvalue weighted by Crippen LogP contribution is -2.46. The maximum atomic E-state index is 13.1. The summed E-state index contributed by atoms with van der Waals surface area (Å²) in [5.41, 5.74) is 8.91. The molecule has 3 N–H and O–H groups in total. The molecule has 0 spiro atoms. The van der Waals surface area contributed by atoms with Crippen molar-refractivity contribution in [1.82, 2.24) is 24.8 Å². The van der Waals surface area contributed by atoms with Crippen LogP contribution in [0.1, 0.15) is 42.6 Å². The summed E-state index contributed by atoms with van der Waals surface area (Å²) in [5, 5.41) is 8.53. The van der Waals surface area contributed by atoms with Gasteiger partial charge in [-0.15, -0.1) is 0 Å². The number of nitrogen functional groups attached to an aromatic ring is 1. The summed E-state index contributed by atoms with van der Waals surface area (Å²) < 4.78 is 0. The number of carbonyl (C=O) groups excluding carboxylic acids is 1. The van der Waals surface area contributed by atoms with Crippen LogP contribution in [-0.4, -0.2) is 62.5 Å². The molecule has 2 aliphatic heterocycles. The zero-order valence-corrected chi connectivity index (χ0v) is 18.1. The largest absolute Gasteiger partial charge is 0.368 e. The highest BCUT2D eigenvalue weighted by molar-refractivity contribution is 5.98. The number of likely N-dealkylation sites (tertiary alicyclic amines) is 2. The average Bonchev–Trinajstić information content (AvgIpc) is 2.80. The molecule has 4 rings (SSSR count). The van der Waals surface area contributed by atoms with Crippen molar-refractivity contribution < 1.29 is 4.79 Å². The van der Waals surface area contributed by atoms with Crippen molar-refractivity contribution in [2.75, 3.05) is 31.9 Å². The third-order valence-electron chi connectivity index (χ3n) is 6.45. The first-order valence-corrected chi connectivity index (χ1v) is 11.1. The van der Waals surface area contributed by atoms with Gasteiger partial charge in [0.2, 0.25) is 11.9 Å². The van der Waals surface area contributed by atoms with Crippen LogP contribution in [0, 0.1) is 24.2 Å². The van der Waals surface area contributed by atoms with Crippen LogP contribution in [-0.2, 0) is 11.3 Å². The van der Waals surface area contributed by atoms with Crippen molar-refractivity contribution in [3.8, 4) is 0 Å². The van der Waals surface area contributed by atoms with Crippen LogP contribution in [0.3, 0.4) is 0 Å². The van der Waals surface area contributed by atoms with E-state index in [1.165, 1.54) is 0 Å². The van der Waals surface area contributed by atoms with Crippen molar-refractivity contribution in [3.63, 3.8) is 0 Å². The Morgan fingerprint density at radius 2 is 1.71 bits per heavy atom. The predicted octanol–water partition coefficient (Wildman–Crippen LogP) is 2.28. The van der Waals surface area contributed by atoms with E-state index in [0.717, 1.165) is 75.4 Å². The highest BCUT2D eigenvalue weighted by Crippen LogP contribution is 2.26. The zero-order chi connectivity index (χ0) is 21.8. The van der Waals surface area contributed by atoms with E-state index in [2.05, 4.69) is 19.9 Å². The number of pyridine rings is 1. The van der Waals surface area contributed by atoms with E-state index in [-0.39, 0.29) is 17.7 Å². The second-order valence-electron chi connectivity index (χ2n) is 8.68. The lowest BCUT2D eigenvalue weighted by atomic mass is 9.88. The zero-order valence-electron chi connectivity index (χ0n) is 18.1. The molecule has 4 heterocycles. The fourth-order valence-corrected chi connectivity index (χ4v) is 4.59. The summed E-state index contributed by atoms with van der Waals surface area (Å²) in [5.74, 6) is 0.868. The Kier molecular flexibility index (Phi) is 6.56. The molecule has 0 radical (unpaired) electrons. The standard InChI is InChI=1S/C23H31N7O/c1-16-3-2-4-20(28-16)21(24)18-7-11-30(12-8-18)22(31)19-5-9-29(10-6-19)15-17-13-26-23(25)27-14-17/h2-4,13-14,18-19,24H,5-12,15H2,1H3,(H2,25,26,27). The quantitative estimate of drug-likeness (QED) is 0.717. The molecule has 1 amide bonds. The summed E-state index contributed by atoms with van der Waals surface area (Å²) >= 11 is 0. The Balaban J connectivity index is 1.24. The number of aryl methyl sites for hydroxylation is 1. The average molecular weight is 422 g/mol. The minimum atomic E-state index is 0.105. The maximum Gasteiger partial charge on any atom is 0.225 e. The normalized spacial score (nSPS) is 18.8.